The molecule has 5 nitrogen and oxygen atoms in total. The van der Waals surface area contributed by atoms with E-state index in [9.17, 15) is 4.79 Å². The van der Waals surface area contributed by atoms with E-state index < -0.39 is 5.97 Å². The molecule has 0 spiro atoms. The summed E-state index contributed by atoms with van der Waals surface area (Å²) in [5.41, 5.74) is 0. The van der Waals surface area contributed by atoms with Crippen molar-refractivity contribution in [1.29, 1.82) is 0 Å². The van der Waals surface area contributed by atoms with E-state index in [1.54, 1.807) is 6.33 Å². The van der Waals surface area contributed by atoms with Gasteiger partial charge in [-0.25, -0.2) is 0 Å². The van der Waals surface area contributed by atoms with Crippen LogP contribution in [0, 0.1) is 5.92 Å². The van der Waals surface area contributed by atoms with Gasteiger partial charge in [0.1, 0.15) is 12.2 Å². The first-order chi connectivity index (χ1) is 5.77. The van der Waals surface area contributed by atoms with Crippen LogP contribution in [0.5, 0.6) is 0 Å². The number of rotatable bonds is 1. The standard InChI is InChI=1S/C7H9N3O2/c11-7(12)5-1-2-10-4-8-9-6(10)3-5/h4-5H,1-3H2,(H,11,12)/t5-/m1/s1. The maximum atomic E-state index is 10.6. The maximum absolute atomic E-state index is 10.6. The first-order valence-corrected chi connectivity index (χ1v) is 3.87. The minimum absolute atomic E-state index is 0.276. The predicted molar refractivity (Wildman–Crippen MR) is 39.5 cm³/mol. The molecule has 1 N–H and O–H groups in total. The summed E-state index contributed by atoms with van der Waals surface area (Å²) in [5.74, 6) is -0.223. The van der Waals surface area contributed by atoms with Gasteiger partial charge in [0.2, 0.25) is 0 Å². The molecule has 1 aliphatic heterocycles. The number of hydrogen-bond acceptors (Lipinski definition) is 3. The number of carbonyl (C=O) groups is 1. The maximum Gasteiger partial charge on any atom is 0.307 e. The highest BCUT2D eigenvalue weighted by Gasteiger charge is 2.24. The van der Waals surface area contributed by atoms with Gasteiger partial charge in [0.25, 0.3) is 0 Å². The Kier molecular flexibility index (Phi) is 1.56. The van der Waals surface area contributed by atoms with Gasteiger partial charge in [0.05, 0.1) is 5.92 Å². The molecule has 0 radical (unpaired) electrons. The number of aromatic nitrogens is 3. The van der Waals surface area contributed by atoms with Gasteiger partial charge >= 0.3 is 5.97 Å². The lowest BCUT2D eigenvalue weighted by Crippen LogP contribution is -2.25. The second-order valence-electron chi connectivity index (χ2n) is 2.97. The molecule has 1 aromatic heterocycles. The van der Waals surface area contributed by atoms with Crippen molar-refractivity contribution in [2.24, 2.45) is 5.92 Å². The number of fused-ring (bicyclic) bond motifs is 1. The largest absolute Gasteiger partial charge is 0.481 e. The Morgan fingerprint density at radius 1 is 1.75 bits per heavy atom. The molecule has 0 aromatic carbocycles. The SMILES string of the molecule is O=C(O)[C@@H]1CCn2cnnc2C1. The van der Waals surface area contributed by atoms with Crippen LogP contribution in [-0.4, -0.2) is 25.8 Å². The Bertz CT molecular complexity index is 307. The van der Waals surface area contributed by atoms with Crippen LogP contribution in [0.3, 0.4) is 0 Å². The summed E-state index contributed by atoms with van der Waals surface area (Å²) >= 11 is 0. The third-order valence-corrected chi connectivity index (χ3v) is 2.19. The van der Waals surface area contributed by atoms with Gasteiger partial charge in [-0.1, -0.05) is 0 Å². The van der Waals surface area contributed by atoms with E-state index in [0.717, 1.165) is 12.4 Å². The molecule has 1 aromatic rings. The highest BCUT2D eigenvalue weighted by molar-refractivity contribution is 5.70. The molecule has 64 valence electrons. The Hall–Kier alpha value is -1.39. The van der Waals surface area contributed by atoms with Gasteiger partial charge in [-0.2, -0.15) is 0 Å². The van der Waals surface area contributed by atoms with E-state index in [1.807, 2.05) is 4.57 Å². The van der Waals surface area contributed by atoms with Crippen LogP contribution in [0.15, 0.2) is 6.33 Å². The van der Waals surface area contributed by atoms with Gasteiger partial charge in [-0.05, 0) is 6.42 Å². The lowest BCUT2D eigenvalue weighted by Gasteiger charge is -2.18. The minimum atomic E-state index is -0.732. The highest BCUT2D eigenvalue weighted by Crippen LogP contribution is 2.17. The van der Waals surface area contributed by atoms with E-state index in [1.165, 1.54) is 0 Å². The van der Waals surface area contributed by atoms with Crippen molar-refractivity contribution in [2.75, 3.05) is 0 Å². The molecule has 12 heavy (non-hydrogen) atoms. The zero-order chi connectivity index (χ0) is 8.55. The normalized spacial score (nSPS) is 21.8. The zero-order valence-electron chi connectivity index (χ0n) is 6.47. The van der Waals surface area contributed by atoms with Crippen molar-refractivity contribution in [1.82, 2.24) is 14.8 Å². The van der Waals surface area contributed by atoms with Crippen LogP contribution in [0.4, 0.5) is 0 Å². The Morgan fingerprint density at radius 2 is 2.58 bits per heavy atom. The van der Waals surface area contributed by atoms with Crippen molar-refractivity contribution in [3.63, 3.8) is 0 Å². The van der Waals surface area contributed by atoms with E-state index in [4.69, 9.17) is 5.11 Å². The molecule has 5 heteroatoms. The lowest BCUT2D eigenvalue weighted by atomic mass is 9.98. The van der Waals surface area contributed by atoms with Crippen LogP contribution in [-0.2, 0) is 17.8 Å². The number of nitrogens with zero attached hydrogens (tertiary/aromatic N) is 3. The van der Waals surface area contributed by atoms with Crippen LogP contribution in [0.2, 0.25) is 0 Å². The van der Waals surface area contributed by atoms with Gasteiger partial charge in [-0.15, -0.1) is 10.2 Å². The lowest BCUT2D eigenvalue weighted by molar-refractivity contribution is -0.142. The van der Waals surface area contributed by atoms with Gasteiger partial charge in [-0.3, -0.25) is 4.79 Å². The van der Waals surface area contributed by atoms with Crippen molar-refractivity contribution < 1.29 is 9.90 Å². The summed E-state index contributed by atoms with van der Waals surface area (Å²) < 4.78 is 1.90. The highest BCUT2D eigenvalue weighted by atomic mass is 16.4. The third kappa shape index (κ3) is 1.07. The molecule has 0 saturated carbocycles. The summed E-state index contributed by atoms with van der Waals surface area (Å²) in [4.78, 5) is 10.6. The fourth-order valence-electron chi connectivity index (χ4n) is 1.45. The van der Waals surface area contributed by atoms with Crippen molar-refractivity contribution >= 4 is 5.97 Å². The van der Waals surface area contributed by atoms with Crippen molar-refractivity contribution in [3.8, 4) is 0 Å². The second-order valence-corrected chi connectivity index (χ2v) is 2.97. The molecular weight excluding hydrogens is 158 g/mol. The number of carboxylic acid groups (broad SMARTS) is 1. The number of aryl methyl sites for hydroxylation is 1. The zero-order valence-corrected chi connectivity index (χ0v) is 6.47. The van der Waals surface area contributed by atoms with Crippen LogP contribution in [0.25, 0.3) is 0 Å². The minimum Gasteiger partial charge on any atom is -0.481 e. The number of hydrogen-bond donors (Lipinski definition) is 1. The number of carboxylic acids is 1. The molecular formula is C7H9N3O2. The van der Waals surface area contributed by atoms with E-state index in [-0.39, 0.29) is 5.92 Å². The smallest absolute Gasteiger partial charge is 0.307 e. The summed E-state index contributed by atoms with van der Waals surface area (Å²) in [6.07, 6.45) is 2.84. The molecule has 0 bridgehead atoms. The third-order valence-electron chi connectivity index (χ3n) is 2.19. The van der Waals surface area contributed by atoms with Crippen molar-refractivity contribution in [2.45, 2.75) is 19.4 Å². The predicted octanol–water partition coefficient (Wildman–Crippen LogP) is -0.0749. The van der Waals surface area contributed by atoms with Gasteiger partial charge < -0.3 is 9.67 Å². The molecule has 0 saturated heterocycles. The molecule has 0 fully saturated rings. The van der Waals surface area contributed by atoms with Gasteiger partial charge in [0, 0.05) is 13.0 Å². The average Bonchev–Trinajstić information content (AvgIpc) is 2.49. The fourth-order valence-corrected chi connectivity index (χ4v) is 1.45. The molecule has 1 aliphatic rings. The average molecular weight is 167 g/mol. The fraction of sp³-hybridized carbons (Fsp3) is 0.571. The summed E-state index contributed by atoms with van der Waals surface area (Å²) in [7, 11) is 0. The first-order valence-electron chi connectivity index (χ1n) is 3.87. The molecule has 0 unspecified atom stereocenters. The summed E-state index contributed by atoms with van der Waals surface area (Å²) in [5, 5.41) is 16.3. The number of aliphatic carboxylic acids is 1. The molecule has 0 amide bonds. The summed E-state index contributed by atoms with van der Waals surface area (Å²) in [6, 6.07) is 0. The van der Waals surface area contributed by atoms with Crippen LogP contribution in [0.1, 0.15) is 12.2 Å². The Morgan fingerprint density at radius 3 is 3.33 bits per heavy atom. The molecule has 1 atom stereocenters. The Labute approximate surface area is 69.0 Å². The monoisotopic (exact) mass is 167 g/mol. The van der Waals surface area contributed by atoms with Gasteiger partial charge in [0.15, 0.2) is 0 Å². The Balaban J connectivity index is 2.20. The van der Waals surface area contributed by atoms with E-state index >= 15 is 0 Å². The molecule has 0 aliphatic carbocycles. The quantitative estimate of drug-likeness (QED) is 0.635. The molecule has 2 rings (SSSR count). The second kappa shape index (κ2) is 2.58. The van der Waals surface area contributed by atoms with Crippen LogP contribution < -0.4 is 0 Å². The molecule has 2 heterocycles. The van der Waals surface area contributed by atoms with E-state index in [0.29, 0.717) is 12.8 Å². The topological polar surface area (TPSA) is 68.0 Å². The van der Waals surface area contributed by atoms with E-state index in [2.05, 4.69) is 10.2 Å². The first kappa shape index (κ1) is 7.27. The summed E-state index contributed by atoms with van der Waals surface area (Å²) in [6.45, 7) is 0.722. The van der Waals surface area contributed by atoms with Crippen molar-refractivity contribution in [3.05, 3.63) is 12.2 Å². The van der Waals surface area contributed by atoms with Crippen LogP contribution >= 0.6 is 0 Å².